The molecule has 2 aromatic carbocycles. The highest BCUT2D eigenvalue weighted by molar-refractivity contribution is 5.79. The van der Waals surface area contributed by atoms with Crippen molar-refractivity contribution >= 4 is 11.6 Å². The summed E-state index contributed by atoms with van der Waals surface area (Å²) >= 11 is 0. The lowest BCUT2D eigenvalue weighted by molar-refractivity contribution is -0.274. The molecular formula is C27H34F3N3O2. The quantitative estimate of drug-likeness (QED) is 0.552. The van der Waals surface area contributed by atoms with Crippen LogP contribution < -0.4 is 15.0 Å². The van der Waals surface area contributed by atoms with Gasteiger partial charge >= 0.3 is 6.36 Å². The summed E-state index contributed by atoms with van der Waals surface area (Å²) in [4.78, 5) is 17.2. The molecular weight excluding hydrogens is 455 g/mol. The average Bonchev–Trinajstić information content (AvgIpc) is 2.85. The fourth-order valence-corrected chi connectivity index (χ4v) is 5.10. The molecule has 4 rings (SSSR count). The van der Waals surface area contributed by atoms with Gasteiger partial charge in [-0.3, -0.25) is 9.69 Å². The average molecular weight is 490 g/mol. The number of rotatable bonds is 8. The lowest BCUT2D eigenvalue weighted by atomic mass is 9.92. The highest BCUT2D eigenvalue weighted by Gasteiger charge is 2.31. The molecule has 2 saturated heterocycles. The Hall–Kier alpha value is -2.74. The fraction of sp³-hybridized carbons (Fsp3) is 0.519. The molecule has 35 heavy (non-hydrogen) atoms. The maximum Gasteiger partial charge on any atom is 0.573 e. The van der Waals surface area contributed by atoms with E-state index < -0.39 is 6.36 Å². The van der Waals surface area contributed by atoms with Gasteiger partial charge in [-0.25, -0.2) is 0 Å². The Labute approximate surface area is 205 Å². The van der Waals surface area contributed by atoms with Crippen LogP contribution in [0.25, 0.3) is 0 Å². The first-order chi connectivity index (χ1) is 16.9. The Morgan fingerprint density at radius 2 is 1.66 bits per heavy atom. The highest BCUT2D eigenvalue weighted by atomic mass is 19.4. The van der Waals surface area contributed by atoms with Crippen LogP contribution in [0.15, 0.2) is 54.6 Å². The number of benzene rings is 2. The molecule has 0 radical (unpaired) electrons. The zero-order valence-electron chi connectivity index (χ0n) is 20.0. The van der Waals surface area contributed by atoms with Crippen molar-refractivity contribution in [3.8, 4) is 5.75 Å². The van der Waals surface area contributed by atoms with Crippen molar-refractivity contribution in [2.75, 3.05) is 37.6 Å². The third-order valence-electron chi connectivity index (χ3n) is 7.09. The summed E-state index contributed by atoms with van der Waals surface area (Å²) in [5, 5.41) is 3.12. The number of ether oxygens (including phenoxy) is 1. The van der Waals surface area contributed by atoms with Gasteiger partial charge in [0, 0.05) is 43.9 Å². The molecule has 2 heterocycles. The number of likely N-dealkylation sites (tertiary alicyclic amines) is 1. The van der Waals surface area contributed by atoms with E-state index in [1.165, 1.54) is 17.7 Å². The van der Waals surface area contributed by atoms with E-state index in [9.17, 15) is 18.0 Å². The summed E-state index contributed by atoms with van der Waals surface area (Å²) in [5.74, 6) is 0.477. The molecule has 2 aromatic rings. The molecule has 0 bridgehead atoms. The number of anilines is 1. The van der Waals surface area contributed by atoms with Gasteiger partial charge in [-0.1, -0.05) is 36.4 Å². The van der Waals surface area contributed by atoms with Gasteiger partial charge in [-0.15, -0.1) is 13.2 Å². The van der Waals surface area contributed by atoms with E-state index in [1.807, 2.05) is 11.0 Å². The van der Waals surface area contributed by atoms with Gasteiger partial charge in [-0.05, 0) is 68.8 Å². The normalized spacial score (nSPS) is 18.4. The van der Waals surface area contributed by atoms with E-state index in [0.717, 1.165) is 38.9 Å². The Morgan fingerprint density at radius 1 is 0.943 bits per heavy atom. The van der Waals surface area contributed by atoms with Gasteiger partial charge < -0.3 is 15.0 Å². The maximum atomic E-state index is 12.7. The van der Waals surface area contributed by atoms with Gasteiger partial charge in [-0.2, -0.15) is 0 Å². The van der Waals surface area contributed by atoms with Crippen LogP contribution in [-0.4, -0.2) is 49.9 Å². The third kappa shape index (κ3) is 7.88. The van der Waals surface area contributed by atoms with Crippen LogP contribution in [-0.2, 0) is 11.3 Å². The number of hydrogen-bond acceptors (Lipinski definition) is 4. The number of piperidine rings is 2. The standard InChI is InChI=1S/C27H34F3N3O2/c28-27(29,30)35-25-8-4-7-24(19-25)33-17-12-23(13-18-33)26(34)31-14-9-21-10-15-32(16-11-21)20-22-5-2-1-3-6-22/h1-8,19,21,23H,9-18,20H2,(H,31,34). The van der Waals surface area contributed by atoms with Crippen molar-refractivity contribution in [1.29, 1.82) is 0 Å². The smallest absolute Gasteiger partial charge is 0.406 e. The molecule has 0 saturated carbocycles. The van der Waals surface area contributed by atoms with E-state index in [-0.39, 0.29) is 17.6 Å². The van der Waals surface area contributed by atoms with Crippen molar-refractivity contribution in [3.05, 3.63) is 60.2 Å². The number of nitrogens with one attached hydrogen (secondary N) is 1. The number of nitrogens with zero attached hydrogens (tertiary/aromatic N) is 2. The second-order valence-corrected chi connectivity index (χ2v) is 9.59. The Morgan fingerprint density at radius 3 is 2.34 bits per heavy atom. The summed E-state index contributed by atoms with van der Waals surface area (Å²) in [6.07, 6.45) is 0.0111. The van der Waals surface area contributed by atoms with Crippen LogP contribution >= 0.6 is 0 Å². The molecule has 0 atom stereocenters. The van der Waals surface area contributed by atoms with Crippen LogP contribution in [0.5, 0.6) is 5.75 Å². The fourth-order valence-electron chi connectivity index (χ4n) is 5.10. The van der Waals surface area contributed by atoms with Gasteiger partial charge in [0.2, 0.25) is 5.91 Å². The number of carbonyl (C=O) groups excluding carboxylic acids is 1. The molecule has 2 aliphatic heterocycles. The molecule has 190 valence electrons. The molecule has 8 heteroatoms. The first-order valence-electron chi connectivity index (χ1n) is 12.5. The number of alkyl halides is 3. The Balaban J connectivity index is 1.13. The topological polar surface area (TPSA) is 44.8 Å². The van der Waals surface area contributed by atoms with Crippen LogP contribution in [0.4, 0.5) is 18.9 Å². The molecule has 5 nitrogen and oxygen atoms in total. The minimum Gasteiger partial charge on any atom is -0.406 e. The third-order valence-corrected chi connectivity index (χ3v) is 7.09. The molecule has 1 amide bonds. The number of carbonyl (C=O) groups is 1. The lowest BCUT2D eigenvalue weighted by Gasteiger charge is -2.33. The molecule has 0 spiro atoms. The molecule has 0 aliphatic carbocycles. The summed E-state index contributed by atoms with van der Waals surface area (Å²) in [7, 11) is 0. The highest BCUT2D eigenvalue weighted by Crippen LogP contribution is 2.29. The van der Waals surface area contributed by atoms with Crippen molar-refractivity contribution in [2.45, 2.75) is 45.0 Å². The van der Waals surface area contributed by atoms with Crippen LogP contribution in [0.1, 0.15) is 37.7 Å². The van der Waals surface area contributed by atoms with Crippen molar-refractivity contribution in [3.63, 3.8) is 0 Å². The zero-order chi connectivity index (χ0) is 24.7. The largest absolute Gasteiger partial charge is 0.573 e. The lowest BCUT2D eigenvalue weighted by Crippen LogP contribution is -2.41. The number of amides is 1. The summed E-state index contributed by atoms with van der Waals surface area (Å²) < 4.78 is 41.5. The monoisotopic (exact) mass is 489 g/mol. The summed E-state index contributed by atoms with van der Waals surface area (Å²) in [5.41, 5.74) is 2.04. The number of halogens is 3. The second kappa shape index (κ2) is 11.8. The Kier molecular flexibility index (Phi) is 8.55. The molecule has 0 aromatic heterocycles. The van der Waals surface area contributed by atoms with Crippen molar-refractivity contribution in [2.24, 2.45) is 11.8 Å². The van der Waals surface area contributed by atoms with E-state index in [0.29, 0.717) is 44.1 Å². The molecule has 2 aliphatic rings. The van der Waals surface area contributed by atoms with Gasteiger partial charge in [0.25, 0.3) is 0 Å². The summed E-state index contributed by atoms with van der Waals surface area (Å²) in [6.45, 7) is 5.17. The minimum absolute atomic E-state index is 0.0476. The van der Waals surface area contributed by atoms with Crippen LogP contribution in [0.3, 0.4) is 0 Å². The SMILES string of the molecule is O=C(NCCC1CCN(Cc2ccccc2)CC1)C1CCN(c2cccc(OC(F)(F)F)c2)CC1. The van der Waals surface area contributed by atoms with E-state index >= 15 is 0 Å². The minimum atomic E-state index is -4.71. The zero-order valence-corrected chi connectivity index (χ0v) is 20.0. The van der Waals surface area contributed by atoms with Crippen LogP contribution in [0.2, 0.25) is 0 Å². The van der Waals surface area contributed by atoms with E-state index in [4.69, 9.17) is 0 Å². The maximum absolute atomic E-state index is 12.7. The first-order valence-corrected chi connectivity index (χ1v) is 12.5. The predicted molar refractivity (Wildman–Crippen MR) is 130 cm³/mol. The van der Waals surface area contributed by atoms with Gasteiger partial charge in [0.1, 0.15) is 5.75 Å². The predicted octanol–water partition coefficient (Wildman–Crippen LogP) is 5.22. The molecule has 0 unspecified atom stereocenters. The van der Waals surface area contributed by atoms with Crippen molar-refractivity contribution in [1.82, 2.24) is 10.2 Å². The number of hydrogen-bond donors (Lipinski definition) is 1. The van der Waals surface area contributed by atoms with Gasteiger partial charge in [0.05, 0.1) is 0 Å². The van der Waals surface area contributed by atoms with E-state index in [1.54, 1.807) is 12.1 Å². The second-order valence-electron chi connectivity index (χ2n) is 9.59. The van der Waals surface area contributed by atoms with Crippen molar-refractivity contribution < 1.29 is 22.7 Å². The molecule has 1 N–H and O–H groups in total. The first kappa shape index (κ1) is 25.4. The Bertz CT molecular complexity index is 938. The van der Waals surface area contributed by atoms with E-state index in [2.05, 4.69) is 39.2 Å². The van der Waals surface area contributed by atoms with Crippen LogP contribution in [0, 0.1) is 11.8 Å². The molecule has 2 fully saturated rings. The van der Waals surface area contributed by atoms with Gasteiger partial charge in [0.15, 0.2) is 0 Å². The summed E-state index contributed by atoms with van der Waals surface area (Å²) in [6, 6.07) is 16.6.